The van der Waals surface area contributed by atoms with Crippen LogP contribution < -0.4 is 0 Å². The van der Waals surface area contributed by atoms with E-state index in [2.05, 4.69) is 115 Å². The van der Waals surface area contributed by atoms with Gasteiger partial charge in [-0.25, -0.2) is 9.97 Å². The fourth-order valence-electron chi connectivity index (χ4n) is 6.39. The van der Waals surface area contributed by atoms with Crippen LogP contribution >= 0.6 is 0 Å². The summed E-state index contributed by atoms with van der Waals surface area (Å²) in [5, 5.41) is 11.9. The van der Waals surface area contributed by atoms with Gasteiger partial charge in [0.25, 0.3) is 0 Å². The van der Waals surface area contributed by atoms with Crippen molar-refractivity contribution in [2.24, 2.45) is 0 Å². The summed E-state index contributed by atoms with van der Waals surface area (Å²) in [6, 6.07) is 43.1. The molecule has 3 aromatic heterocycles. The third-order valence-corrected chi connectivity index (χ3v) is 8.23. The molecule has 0 N–H and O–H groups in total. The van der Waals surface area contributed by atoms with Gasteiger partial charge in [0.15, 0.2) is 0 Å². The standard InChI is InChI=1S/C37H21N3/c1-2-11-27-25(9-1)26-10-3-4-12-28(26)31-20-24(17-18-29(27)31)36-37-32(30-13-5-6-14-33(30)39-36)21-23-16-15-22-8-7-19-38-34(22)35(23)40-37/h1-21H. The number of aromatic nitrogens is 3. The van der Waals surface area contributed by atoms with Gasteiger partial charge in [0.1, 0.15) is 0 Å². The summed E-state index contributed by atoms with van der Waals surface area (Å²) in [5.74, 6) is 0. The van der Waals surface area contributed by atoms with Crippen molar-refractivity contribution >= 4 is 75.9 Å². The highest BCUT2D eigenvalue weighted by molar-refractivity contribution is 6.26. The molecule has 9 rings (SSSR count). The molecule has 3 nitrogen and oxygen atoms in total. The number of hydrogen-bond donors (Lipinski definition) is 0. The topological polar surface area (TPSA) is 38.7 Å². The largest absolute Gasteiger partial charge is 0.254 e. The Morgan fingerprint density at radius 2 is 1.02 bits per heavy atom. The minimum Gasteiger partial charge on any atom is -0.254 e. The van der Waals surface area contributed by atoms with Crippen LogP contribution in [0.2, 0.25) is 0 Å². The van der Waals surface area contributed by atoms with Gasteiger partial charge in [0.05, 0.1) is 27.8 Å². The highest BCUT2D eigenvalue weighted by Gasteiger charge is 2.16. The monoisotopic (exact) mass is 507 g/mol. The van der Waals surface area contributed by atoms with Gasteiger partial charge in [-0.15, -0.1) is 0 Å². The number of rotatable bonds is 1. The van der Waals surface area contributed by atoms with Crippen LogP contribution in [0.15, 0.2) is 128 Å². The summed E-state index contributed by atoms with van der Waals surface area (Å²) in [6.45, 7) is 0. The number of benzene rings is 6. The molecule has 0 atom stereocenters. The lowest BCUT2D eigenvalue weighted by atomic mass is 9.92. The number of nitrogens with zero attached hydrogens (tertiary/aromatic N) is 3. The van der Waals surface area contributed by atoms with Crippen molar-refractivity contribution in [1.82, 2.24) is 15.0 Å². The third-order valence-electron chi connectivity index (χ3n) is 8.23. The Kier molecular flexibility index (Phi) is 4.33. The Morgan fingerprint density at radius 3 is 1.80 bits per heavy atom. The van der Waals surface area contributed by atoms with Crippen molar-refractivity contribution in [3.63, 3.8) is 0 Å². The molecular weight excluding hydrogens is 486 g/mol. The Bertz CT molecular complexity index is 2460. The predicted molar refractivity (Wildman–Crippen MR) is 168 cm³/mol. The van der Waals surface area contributed by atoms with Crippen molar-refractivity contribution < 1.29 is 0 Å². The van der Waals surface area contributed by atoms with E-state index < -0.39 is 0 Å². The summed E-state index contributed by atoms with van der Waals surface area (Å²) in [5.41, 5.74) is 5.63. The zero-order chi connectivity index (χ0) is 26.2. The van der Waals surface area contributed by atoms with Gasteiger partial charge in [0, 0.05) is 33.3 Å². The van der Waals surface area contributed by atoms with Crippen LogP contribution in [-0.4, -0.2) is 15.0 Å². The maximum atomic E-state index is 5.30. The predicted octanol–water partition coefficient (Wildman–Crippen LogP) is 9.61. The molecule has 0 saturated heterocycles. The Labute approximate surface area is 229 Å². The first-order valence-corrected chi connectivity index (χ1v) is 13.5. The van der Waals surface area contributed by atoms with E-state index in [4.69, 9.17) is 15.0 Å². The van der Waals surface area contributed by atoms with Crippen LogP contribution in [0.3, 0.4) is 0 Å². The lowest BCUT2D eigenvalue weighted by Crippen LogP contribution is -1.94. The molecule has 0 aliphatic carbocycles. The van der Waals surface area contributed by atoms with E-state index in [-0.39, 0.29) is 0 Å². The molecule has 0 radical (unpaired) electrons. The molecule has 0 spiro atoms. The molecule has 0 saturated carbocycles. The van der Waals surface area contributed by atoms with Crippen molar-refractivity contribution in [3.8, 4) is 11.3 Å². The van der Waals surface area contributed by atoms with Crippen LogP contribution in [0.4, 0.5) is 0 Å². The Morgan fingerprint density at radius 1 is 0.375 bits per heavy atom. The third kappa shape index (κ3) is 2.97. The van der Waals surface area contributed by atoms with Crippen molar-refractivity contribution in [1.29, 1.82) is 0 Å². The lowest BCUT2D eigenvalue weighted by molar-refractivity contribution is 1.38. The zero-order valence-electron chi connectivity index (χ0n) is 21.5. The van der Waals surface area contributed by atoms with Crippen LogP contribution in [0.25, 0.3) is 87.2 Å². The Balaban J connectivity index is 1.44. The first-order valence-electron chi connectivity index (χ1n) is 13.5. The fourth-order valence-corrected chi connectivity index (χ4v) is 6.39. The SMILES string of the molecule is c1cnc2c(c1)ccc1cc3c(nc12)c(-c1ccc2c4ccccc4c4ccccc4c2c1)nc1ccccc13. The second-order valence-corrected chi connectivity index (χ2v) is 10.4. The van der Waals surface area contributed by atoms with E-state index in [1.54, 1.807) is 0 Å². The van der Waals surface area contributed by atoms with Gasteiger partial charge in [0.2, 0.25) is 0 Å². The summed E-state index contributed by atoms with van der Waals surface area (Å²) in [6.07, 6.45) is 1.84. The van der Waals surface area contributed by atoms with Gasteiger partial charge in [-0.05, 0) is 56.6 Å². The zero-order valence-corrected chi connectivity index (χ0v) is 21.5. The average Bonchev–Trinajstić information content (AvgIpc) is 3.03. The smallest absolute Gasteiger partial charge is 0.0980 e. The van der Waals surface area contributed by atoms with E-state index in [9.17, 15) is 0 Å². The summed E-state index contributed by atoms with van der Waals surface area (Å²) in [4.78, 5) is 15.2. The number of hydrogen-bond acceptors (Lipinski definition) is 3. The quantitative estimate of drug-likeness (QED) is 0.164. The van der Waals surface area contributed by atoms with Crippen LogP contribution in [-0.2, 0) is 0 Å². The molecule has 3 heteroatoms. The number of para-hydroxylation sites is 1. The van der Waals surface area contributed by atoms with Crippen LogP contribution in [0.1, 0.15) is 0 Å². The van der Waals surface area contributed by atoms with Gasteiger partial charge in [-0.1, -0.05) is 97.1 Å². The van der Waals surface area contributed by atoms with E-state index in [0.29, 0.717) is 0 Å². The molecule has 0 bridgehead atoms. The fraction of sp³-hybridized carbons (Fsp3) is 0. The first-order chi connectivity index (χ1) is 19.8. The number of pyridine rings is 3. The molecule has 40 heavy (non-hydrogen) atoms. The van der Waals surface area contributed by atoms with Crippen molar-refractivity contribution in [3.05, 3.63) is 128 Å². The number of fused-ring (bicyclic) bond motifs is 12. The van der Waals surface area contributed by atoms with Gasteiger partial charge >= 0.3 is 0 Å². The second-order valence-electron chi connectivity index (χ2n) is 10.4. The molecular formula is C37H21N3. The van der Waals surface area contributed by atoms with E-state index >= 15 is 0 Å². The van der Waals surface area contributed by atoms with E-state index in [1.807, 2.05) is 12.3 Å². The Hall–Kier alpha value is -5.41. The second kappa shape index (κ2) is 8.05. The normalized spacial score (nSPS) is 12.0. The van der Waals surface area contributed by atoms with Gasteiger partial charge < -0.3 is 0 Å². The molecule has 184 valence electrons. The lowest BCUT2D eigenvalue weighted by Gasteiger charge is -2.14. The van der Waals surface area contributed by atoms with E-state index in [0.717, 1.165) is 54.9 Å². The highest BCUT2D eigenvalue weighted by Crippen LogP contribution is 2.39. The average molecular weight is 508 g/mol. The molecule has 0 fully saturated rings. The maximum absolute atomic E-state index is 5.30. The highest BCUT2D eigenvalue weighted by atomic mass is 14.8. The maximum Gasteiger partial charge on any atom is 0.0980 e. The molecule has 0 amide bonds. The molecule has 0 aliphatic rings. The molecule has 3 heterocycles. The summed E-state index contributed by atoms with van der Waals surface area (Å²) in [7, 11) is 0. The molecule has 6 aromatic carbocycles. The molecule has 0 aliphatic heterocycles. The summed E-state index contributed by atoms with van der Waals surface area (Å²) >= 11 is 0. The minimum absolute atomic E-state index is 0.891. The molecule has 0 unspecified atom stereocenters. The van der Waals surface area contributed by atoms with Gasteiger partial charge in [-0.3, -0.25) is 4.98 Å². The van der Waals surface area contributed by atoms with E-state index in [1.165, 1.54) is 32.3 Å². The molecule has 9 aromatic rings. The van der Waals surface area contributed by atoms with Crippen LogP contribution in [0, 0.1) is 0 Å². The van der Waals surface area contributed by atoms with Crippen molar-refractivity contribution in [2.75, 3.05) is 0 Å². The van der Waals surface area contributed by atoms with Crippen LogP contribution in [0.5, 0.6) is 0 Å². The first kappa shape index (κ1) is 21.5. The minimum atomic E-state index is 0.891. The summed E-state index contributed by atoms with van der Waals surface area (Å²) < 4.78 is 0. The van der Waals surface area contributed by atoms with Crippen molar-refractivity contribution in [2.45, 2.75) is 0 Å². The van der Waals surface area contributed by atoms with Gasteiger partial charge in [-0.2, -0.15) is 0 Å².